The Morgan fingerprint density at radius 3 is 1.82 bits per heavy atom. The quantitative estimate of drug-likeness (QED) is 0.193. The molecule has 0 radical (unpaired) electrons. The summed E-state index contributed by atoms with van der Waals surface area (Å²) >= 11 is 0. The number of nitrogens with zero attached hydrogens (tertiary/aromatic N) is 1. The van der Waals surface area contributed by atoms with E-state index in [2.05, 4.69) is 192 Å². The van der Waals surface area contributed by atoms with E-state index in [0.29, 0.717) is 0 Å². The van der Waals surface area contributed by atoms with Crippen LogP contribution in [0.25, 0.3) is 71.1 Å². The van der Waals surface area contributed by atoms with Crippen LogP contribution in [0.4, 0.5) is 0 Å². The van der Waals surface area contributed by atoms with Crippen molar-refractivity contribution in [1.29, 1.82) is 0 Å². The Balaban J connectivity index is 1.19. The third-order valence-electron chi connectivity index (χ3n) is 10.2. The summed E-state index contributed by atoms with van der Waals surface area (Å²) in [5, 5.41) is 14.1. The molecule has 2 heteroatoms. The number of nitrogens with one attached hydrogen (secondary N) is 1. The van der Waals surface area contributed by atoms with Gasteiger partial charge in [-0.3, -0.25) is 0 Å². The summed E-state index contributed by atoms with van der Waals surface area (Å²) in [6, 6.07) is 61.7. The normalized spacial score (nSPS) is 14.7. The summed E-state index contributed by atoms with van der Waals surface area (Å²) in [6.45, 7) is 0. The molecule has 0 saturated heterocycles. The second-order valence-corrected chi connectivity index (χ2v) is 13.0. The summed E-state index contributed by atoms with van der Waals surface area (Å²) in [5.74, 6) is 0. The molecule has 0 spiro atoms. The van der Waals surface area contributed by atoms with Gasteiger partial charge in [0.25, 0.3) is 0 Å². The van der Waals surface area contributed by atoms with Crippen molar-refractivity contribution in [1.82, 2.24) is 9.88 Å². The smallest absolute Gasteiger partial charge is 0.0707 e. The third kappa shape index (κ3) is 4.42. The van der Waals surface area contributed by atoms with Crippen LogP contribution in [-0.2, 0) is 0 Å². The van der Waals surface area contributed by atoms with Gasteiger partial charge in [-0.1, -0.05) is 152 Å². The van der Waals surface area contributed by atoms with Gasteiger partial charge in [-0.05, 0) is 79.5 Å². The number of dihydropyridines is 1. The number of rotatable bonds is 4. The van der Waals surface area contributed by atoms with Crippen LogP contribution >= 0.6 is 0 Å². The fourth-order valence-corrected chi connectivity index (χ4v) is 7.95. The fourth-order valence-electron chi connectivity index (χ4n) is 7.95. The molecule has 0 aliphatic carbocycles. The summed E-state index contributed by atoms with van der Waals surface area (Å²) in [7, 11) is 0. The van der Waals surface area contributed by atoms with Gasteiger partial charge in [0.1, 0.15) is 0 Å². The van der Waals surface area contributed by atoms with Gasteiger partial charge in [-0.15, -0.1) is 0 Å². The lowest BCUT2D eigenvalue weighted by molar-refractivity contribution is 0.766. The predicted octanol–water partition coefficient (Wildman–Crippen LogP) is 12.0. The van der Waals surface area contributed by atoms with E-state index in [-0.39, 0.29) is 6.04 Å². The first-order valence-corrected chi connectivity index (χ1v) is 17.0. The van der Waals surface area contributed by atoms with Crippen LogP contribution in [0.15, 0.2) is 182 Å². The maximum absolute atomic E-state index is 3.84. The average molecular weight is 625 g/mol. The molecule has 10 rings (SSSR count). The number of fused-ring (bicyclic) bond motifs is 10. The lowest BCUT2D eigenvalue weighted by atomic mass is 9.93. The van der Waals surface area contributed by atoms with Gasteiger partial charge in [-0.2, -0.15) is 0 Å². The predicted molar refractivity (Wildman–Crippen MR) is 208 cm³/mol. The standard InChI is InChI=1S/C47H32N2/c1-3-13-31(14-4-1)35-29-42(33-16-5-2-6-17-33)48-43(30-35)34-23-26-36(27-24-34)49-44-28-25-32-15-7-8-18-37(32)45(44)46-40-21-11-9-19-38(40)39-20-10-12-22-41(39)47(46)49/h1-30,42,48H. The van der Waals surface area contributed by atoms with Crippen molar-refractivity contribution in [2.75, 3.05) is 0 Å². The zero-order chi connectivity index (χ0) is 32.3. The molecule has 0 amide bonds. The Labute approximate surface area is 284 Å². The first-order valence-electron chi connectivity index (χ1n) is 17.0. The molecule has 0 saturated carbocycles. The van der Waals surface area contributed by atoms with Crippen molar-refractivity contribution in [2.45, 2.75) is 6.04 Å². The van der Waals surface area contributed by atoms with Gasteiger partial charge < -0.3 is 9.88 Å². The summed E-state index contributed by atoms with van der Waals surface area (Å²) < 4.78 is 2.49. The second-order valence-electron chi connectivity index (χ2n) is 13.0. The molecular formula is C47H32N2. The van der Waals surface area contributed by atoms with Crippen LogP contribution in [0.5, 0.6) is 0 Å². The highest BCUT2D eigenvalue weighted by molar-refractivity contribution is 6.35. The number of aromatic nitrogens is 1. The molecule has 2 heterocycles. The van der Waals surface area contributed by atoms with Gasteiger partial charge in [0.15, 0.2) is 0 Å². The Kier molecular flexibility index (Phi) is 6.28. The van der Waals surface area contributed by atoms with Gasteiger partial charge in [0.05, 0.1) is 17.1 Å². The van der Waals surface area contributed by atoms with Gasteiger partial charge in [0, 0.05) is 27.5 Å². The van der Waals surface area contributed by atoms with Crippen molar-refractivity contribution in [2.24, 2.45) is 0 Å². The molecule has 8 aromatic carbocycles. The molecule has 1 atom stereocenters. The number of hydrogen-bond acceptors (Lipinski definition) is 1. The molecule has 1 unspecified atom stereocenters. The molecule has 0 bridgehead atoms. The van der Waals surface area contributed by atoms with Crippen LogP contribution in [0.1, 0.15) is 22.7 Å². The molecule has 1 N–H and O–H groups in total. The molecule has 9 aromatic rings. The molecule has 230 valence electrons. The first-order chi connectivity index (χ1) is 24.3. The molecule has 49 heavy (non-hydrogen) atoms. The van der Waals surface area contributed by atoms with Gasteiger partial charge >= 0.3 is 0 Å². The SMILES string of the molecule is C1=C(c2ccccc2)C=C(c2ccc(-n3c4ccc5ccccc5c4c4c5ccccc5c5ccccc5c43)cc2)NC1c1ccccc1. The third-order valence-corrected chi connectivity index (χ3v) is 10.2. The maximum Gasteiger partial charge on any atom is 0.0707 e. The number of allylic oxidation sites excluding steroid dienone is 2. The molecule has 2 nitrogen and oxygen atoms in total. The first kappa shape index (κ1) is 27.7. The minimum atomic E-state index is 0.0707. The lowest BCUT2D eigenvalue weighted by Gasteiger charge is -2.26. The summed E-state index contributed by atoms with van der Waals surface area (Å²) in [4.78, 5) is 0. The Morgan fingerprint density at radius 2 is 1.06 bits per heavy atom. The van der Waals surface area contributed by atoms with Crippen molar-refractivity contribution in [3.05, 3.63) is 199 Å². The Hall–Kier alpha value is -6.38. The summed E-state index contributed by atoms with van der Waals surface area (Å²) in [5.41, 5.74) is 9.58. The summed E-state index contributed by atoms with van der Waals surface area (Å²) in [6.07, 6.45) is 4.62. The van der Waals surface area contributed by atoms with E-state index >= 15 is 0 Å². The minimum absolute atomic E-state index is 0.0707. The maximum atomic E-state index is 3.84. The van der Waals surface area contributed by atoms with Crippen LogP contribution in [-0.4, -0.2) is 4.57 Å². The van der Waals surface area contributed by atoms with Crippen molar-refractivity contribution in [3.8, 4) is 5.69 Å². The zero-order valence-electron chi connectivity index (χ0n) is 26.8. The van der Waals surface area contributed by atoms with Crippen molar-refractivity contribution < 1.29 is 0 Å². The fraction of sp³-hybridized carbons (Fsp3) is 0.0213. The highest BCUT2D eigenvalue weighted by Gasteiger charge is 2.22. The van der Waals surface area contributed by atoms with Crippen LogP contribution < -0.4 is 5.32 Å². The number of hydrogen-bond donors (Lipinski definition) is 1. The highest BCUT2D eigenvalue weighted by Crippen LogP contribution is 2.44. The van der Waals surface area contributed by atoms with Crippen LogP contribution in [0.3, 0.4) is 0 Å². The second kappa shape index (κ2) is 11.1. The van der Waals surface area contributed by atoms with E-state index in [1.807, 2.05) is 0 Å². The highest BCUT2D eigenvalue weighted by atomic mass is 15.0. The van der Waals surface area contributed by atoms with E-state index in [0.717, 1.165) is 16.9 Å². The number of benzene rings is 8. The monoisotopic (exact) mass is 624 g/mol. The molecule has 1 aliphatic heterocycles. The van der Waals surface area contributed by atoms with E-state index in [4.69, 9.17) is 0 Å². The molecule has 0 fully saturated rings. The molecule has 1 aliphatic rings. The Morgan fingerprint density at radius 1 is 0.449 bits per heavy atom. The van der Waals surface area contributed by atoms with E-state index < -0.39 is 0 Å². The van der Waals surface area contributed by atoms with Crippen LogP contribution in [0.2, 0.25) is 0 Å². The largest absolute Gasteiger partial charge is 0.374 e. The Bertz CT molecular complexity index is 2770. The van der Waals surface area contributed by atoms with Crippen molar-refractivity contribution >= 4 is 65.4 Å². The van der Waals surface area contributed by atoms with E-state index in [1.54, 1.807) is 0 Å². The lowest BCUT2D eigenvalue weighted by Crippen LogP contribution is -2.21. The molecular weight excluding hydrogens is 593 g/mol. The van der Waals surface area contributed by atoms with Crippen LogP contribution in [0, 0.1) is 0 Å². The van der Waals surface area contributed by atoms with E-state index in [1.165, 1.54) is 70.8 Å². The average Bonchev–Trinajstić information content (AvgIpc) is 3.55. The molecule has 1 aromatic heterocycles. The van der Waals surface area contributed by atoms with Crippen molar-refractivity contribution in [3.63, 3.8) is 0 Å². The van der Waals surface area contributed by atoms with Gasteiger partial charge in [0.2, 0.25) is 0 Å². The van der Waals surface area contributed by atoms with Gasteiger partial charge in [-0.25, -0.2) is 0 Å². The minimum Gasteiger partial charge on any atom is -0.374 e. The topological polar surface area (TPSA) is 17.0 Å². The van der Waals surface area contributed by atoms with E-state index in [9.17, 15) is 0 Å². The zero-order valence-corrected chi connectivity index (χ0v) is 26.8.